The number of carboxylic acids is 1. The lowest BCUT2D eigenvalue weighted by Gasteiger charge is -2.21. The second kappa shape index (κ2) is 5.95. The molecule has 1 aliphatic rings. The van der Waals surface area contributed by atoms with E-state index in [1.807, 2.05) is 28.5 Å². The number of rotatable bonds is 4. The summed E-state index contributed by atoms with van der Waals surface area (Å²) in [6.07, 6.45) is 1.59. The smallest absolute Gasteiger partial charge is 0.320 e. The number of aliphatic carboxylic acids is 1. The van der Waals surface area contributed by atoms with Crippen molar-refractivity contribution < 1.29 is 14.3 Å². The molecule has 1 fully saturated rings. The highest BCUT2D eigenvalue weighted by molar-refractivity contribution is 7.13. The minimum Gasteiger partial charge on any atom is -0.480 e. The van der Waals surface area contributed by atoms with Gasteiger partial charge in [-0.15, -0.1) is 11.3 Å². The molecule has 0 amide bonds. The maximum atomic E-state index is 14.0. The first-order valence-electron chi connectivity index (χ1n) is 6.94. The first-order chi connectivity index (χ1) is 10.1. The van der Waals surface area contributed by atoms with E-state index in [9.17, 15) is 14.3 Å². The average molecular weight is 305 g/mol. The summed E-state index contributed by atoms with van der Waals surface area (Å²) in [5, 5.41) is 11.1. The van der Waals surface area contributed by atoms with Crippen LogP contribution in [0.25, 0.3) is 10.4 Å². The molecule has 0 aliphatic carbocycles. The zero-order chi connectivity index (χ0) is 14.8. The summed E-state index contributed by atoms with van der Waals surface area (Å²) >= 11 is 1.50. The molecule has 1 saturated heterocycles. The van der Waals surface area contributed by atoms with Crippen LogP contribution in [0.15, 0.2) is 35.7 Å². The Bertz CT molecular complexity index is 642. The van der Waals surface area contributed by atoms with Gasteiger partial charge < -0.3 is 5.11 Å². The van der Waals surface area contributed by atoms with Crippen LogP contribution in [0.4, 0.5) is 4.39 Å². The molecule has 0 radical (unpaired) electrons. The van der Waals surface area contributed by atoms with Crippen molar-refractivity contribution in [2.75, 3.05) is 6.54 Å². The maximum Gasteiger partial charge on any atom is 0.320 e. The van der Waals surface area contributed by atoms with Crippen molar-refractivity contribution in [1.82, 2.24) is 4.90 Å². The Kier molecular flexibility index (Phi) is 4.03. The predicted molar refractivity (Wildman–Crippen MR) is 80.8 cm³/mol. The van der Waals surface area contributed by atoms with Crippen LogP contribution in [0, 0.1) is 5.82 Å². The van der Waals surface area contributed by atoms with Gasteiger partial charge in [0.25, 0.3) is 0 Å². The standard InChI is InChI=1S/C16H16FNO2S/c17-13-6-5-11(9-12(13)15-4-2-8-21-15)10-18-7-1-3-14(18)16(19)20/h2,4-6,8-9,14H,1,3,7,10H2,(H,19,20)/t14-/m1/s1. The summed E-state index contributed by atoms with van der Waals surface area (Å²) in [6.45, 7) is 1.33. The molecule has 0 unspecified atom stereocenters. The van der Waals surface area contributed by atoms with Gasteiger partial charge in [-0.3, -0.25) is 9.69 Å². The van der Waals surface area contributed by atoms with Gasteiger partial charge in [0.05, 0.1) is 0 Å². The van der Waals surface area contributed by atoms with Gasteiger partial charge in [-0.1, -0.05) is 12.1 Å². The highest BCUT2D eigenvalue weighted by Gasteiger charge is 2.30. The van der Waals surface area contributed by atoms with E-state index in [0.29, 0.717) is 18.5 Å². The summed E-state index contributed by atoms with van der Waals surface area (Å²) in [5.41, 5.74) is 1.54. The van der Waals surface area contributed by atoms with E-state index in [2.05, 4.69) is 0 Å². The van der Waals surface area contributed by atoms with Gasteiger partial charge in [-0.25, -0.2) is 4.39 Å². The molecule has 110 valence electrons. The zero-order valence-electron chi connectivity index (χ0n) is 11.5. The minimum atomic E-state index is -0.770. The fourth-order valence-electron chi connectivity index (χ4n) is 2.82. The number of carboxylic acid groups (broad SMARTS) is 1. The number of thiophene rings is 1. The summed E-state index contributed by atoms with van der Waals surface area (Å²) in [5.74, 6) is -1.01. The van der Waals surface area contributed by atoms with Gasteiger partial charge in [-0.2, -0.15) is 0 Å². The Morgan fingerprint density at radius 3 is 3.00 bits per heavy atom. The van der Waals surface area contributed by atoms with Crippen molar-refractivity contribution in [1.29, 1.82) is 0 Å². The predicted octanol–water partition coefficient (Wildman–Crippen LogP) is 3.60. The zero-order valence-corrected chi connectivity index (χ0v) is 12.3. The number of hydrogen-bond acceptors (Lipinski definition) is 3. The molecular weight excluding hydrogens is 289 g/mol. The molecule has 3 nitrogen and oxygen atoms in total. The molecular formula is C16H16FNO2S. The molecule has 2 aromatic rings. The van der Waals surface area contributed by atoms with Gasteiger partial charge in [0.2, 0.25) is 0 Å². The Morgan fingerprint density at radius 1 is 1.43 bits per heavy atom. The number of carbonyl (C=O) groups is 1. The highest BCUT2D eigenvalue weighted by atomic mass is 32.1. The van der Waals surface area contributed by atoms with Crippen molar-refractivity contribution >= 4 is 17.3 Å². The summed E-state index contributed by atoms with van der Waals surface area (Å²) in [6, 6.07) is 8.41. The van der Waals surface area contributed by atoms with Crippen LogP contribution in [0.2, 0.25) is 0 Å². The third-order valence-electron chi connectivity index (χ3n) is 3.85. The lowest BCUT2D eigenvalue weighted by atomic mass is 10.1. The molecule has 3 rings (SSSR count). The molecule has 21 heavy (non-hydrogen) atoms. The van der Waals surface area contributed by atoms with E-state index >= 15 is 0 Å². The Hall–Kier alpha value is -1.72. The Balaban J connectivity index is 1.83. The van der Waals surface area contributed by atoms with Crippen molar-refractivity contribution in [3.05, 3.63) is 47.1 Å². The number of hydrogen-bond donors (Lipinski definition) is 1. The molecule has 1 aromatic carbocycles. The first-order valence-corrected chi connectivity index (χ1v) is 7.82. The SMILES string of the molecule is O=C(O)[C@H]1CCCN1Cc1ccc(F)c(-c2cccs2)c1. The van der Waals surface area contributed by atoms with Gasteiger partial charge >= 0.3 is 5.97 Å². The molecule has 1 aromatic heterocycles. The normalized spacial score (nSPS) is 19.0. The maximum absolute atomic E-state index is 14.0. The van der Waals surface area contributed by atoms with Crippen LogP contribution in [0.1, 0.15) is 18.4 Å². The molecule has 0 spiro atoms. The Labute approximate surface area is 126 Å². The number of benzene rings is 1. The molecule has 5 heteroatoms. The van der Waals surface area contributed by atoms with E-state index in [4.69, 9.17) is 0 Å². The van der Waals surface area contributed by atoms with Crippen molar-refractivity contribution in [2.45, 2.75) is 25.4 Å². The third kappa shape index (κ3) is 2.99. The van der Waals surface area contributed by atoms with Crippen LogP contribution in [-0.2, 0) is 11.3 Å². The van der Waals surface area contributed by atoms with Crippen molar-refractivity contribution in [3.8, 4) is 10.4 Å². The van der Waals surface area contributed by atoms with Crippen LogP contribution in [0.5, 0.6) is 0 Å². The van der Waals surface area contributed by atoms with Gasteiger partial charge in [-0.05, 0) is 48.5 Å². The summed E-state index contributed by atoms with van der Waals surface area (Å²) in [4.78, 5) is 14.1. The molecule has 0 saturated carbocycles. The van der Waals surface area contributed by atoms with Crippen LogP contribution in [-0.4, -0.2) is 28.6 Å². The average Bonchev–Trinajstić information content (AvgIpc) is 3.11. The van der Waals surface area contributed by atoms with E-state index in [0.717, 1.165) is 23.4 Å². The van der Waals surface area contributed by atoms with Gasteiger partial charge in [0.1, 0.15) is 11.9 Å². The Morgan fingerprint density at radius 2 is 2.29 bits per heavy atom. The molecule has 2 heterocycles. The second-order valence-electron chi connectivity index (χ2n) is 5.26. The third-order valence-corrected chi connectivity index (χ3v) is 4.75. The van der Waals surface area contributed by atoms with Gasteiger partial charge in [0.15, 0.2) is 0 Å². The fourth-order valence-corrected chi connectivity index (χ4v) is 3.57. The van der Waals surface area contributed by atoms with Crippen molar-refractivity contribution in [3.63, 3.8) is 0 Å². The summed E-state index contributed by atoms with van der Waals surface area (Å²) < 4.78 is 14.0. The topological polar surface area (TPSA) is 40.5 Å². The fraction of sp³-hybridized carbons (Fsp3) is 0.312. The van der Waals surface area contributed by atoms with Crippen LogP contribution >= 0.6 is 11.3 Å². The van der Waals surface area contributed by atoms with E-state index < -0.39 is 12.0 Å². The minimum absolute atomic E-state index is 0.239. The number of halogens is 1. The highest BCUT2D eigenvalue weighted by Crippen LogP contribution is 2.29. The van der Waals surface area contributed by atoms with Crippen molar-refractivity contribution in [2.24, 2.45) is 0 Å². The lowest BCUT2D eigenvalue weighted by Crippen LogP contribution is -2.35. The molecule has 0 bridgehead atoms. The first kappa shape index (κ1) is 14.2. The second-order valence-corrected chi connectivity index (χ2v) is 6.21. The van der Waals surface area contributed by atoms with Gasteiger partial charge in [0, 0.05) is 17.0 Å². The number of nitrogens with zero attached hydrogens (tertiary/aromatic N) is 1. The quantitative estimate of drug-likeness (QED) is 0.938. The molecule has 1 aliphatic heterocycles. The van der Waals surface area contributed by atoms with E-state index in [-0.39, 0.29) is 5.82 Å². The van der Waals surface area contributed by atoms with E-state index in [1.165, 1.54) is 17.4 Å². The number of likely N-dealkylation sites (tertiary alicyclic amines) is 1. The lowest BCUT2D eigenvalue weighted by molar-refractivity contribution is -0.142. The monoisotopic (exact) mass is 305 g/mol. The molecule has 1 N–H and O–H groups in total. The summed E-state index contributed by atoms with van der Waals surface area (Å²) in [7, 11) is 0. The van der Waals surface area contributed by atoms with Crippen LogP contribution in [0.3, 0.4) is 0 Å². The van der Waals surface area contributed by atoms with Crippen LogP contribution < -0.4 is 0 Å². The molecule has 1 atom stereocenters. The largest absolute Gasteiger partial charge is 0.480 e. The van der Waals surface area contributed by atoms with E-state index in [1.54, 1.807) is 6.07 Å².